The summed E-state index contributed by atoms with van der Waals surface area (Å²) in [5, 5.41) is 0.118. The van der Waals surface area contributed by atoms with Crippen molar-refractivity contribution in [3.63, 3.8) is 0 Å². The number of hydrogen-bond donors (Lipinski definition) is 0. The molecule has 0 bridgehead atoms. The molecule has 0 radical (unpaired) electrons. The number of anilines is 1. The Morgan fingerprint density at radius 1 is 1.40 bits per heavy atom. The number of aryl methyl sites for hydroxylation is 2. The molecular weight excluding hydrogens is 338 g/mol. The molecule has 0 aromatic heterocycles. The number of halogens is 1. The number of amides is 1. The number of thioether (sulfide) groups is 1. The van der Waals surface area contributed by atoms with Crippen LogP contribution in [0.4, 0.5) is 5.69 Å². The first kappa shape index (κ1) is 15.6. The highest BCUT2D eigenvalue weighted by molar-refractivity contribution is 9.10. The molecule has 5 heteroatoms. The Bertz CT molecular complexity index is 536. The Hall–Kier alpha value is -0.810. The largest absolute Gasteiger partial charge is 0.312 e. The molecule has 20 heavy (non-hydrogen) atoms. The van der Waals surface area contributed by atoms with Gasteiger partial charge in [0.25, 0.3) is 0 Å². The predicted octanol–water partition coefficient (Wildman–Crippen LogP) is 3.70. The van der Waals surface area contributed by atoms with Crippen LogP contribution in [0.25, 0.3) is 0 Å². The van der Waals surface area contributed by atoms with Crippen LogP contribution < -0.4 is 4.90 Å². The first-order valence-electron chi connectivity index (χ1n) is 6.59. The molecule has 0 N–H and O–H groups in total. The number of nitrogens with zero attached hydrogens (tertiary/aromatic N) is 1. The second-order valence-corrected chi connectivity index (χ2v) is 7.38. The molecule has 1 aliphatic rings. The van der Waals surface area contributed by atoms with Crippen molar-refractivity contribution in [3.8, 4) is 0 Å². The third-order valence-electron chi connectivity index (χ3n) is 3.45. The zero-order valence-electron chi connectivity index (χ0n) is 11.9. The van der Waals surface area contributed by atoms with Gasteiger partial charge in [-0.05, 0) is 43.0 Å². The second-order valence-electron chi connectivity index (χ2n) is 5.27. The lowest BCUT2D eigenvalue weighted by Gasteiger charge is -2.22. The molecule has 0 saturated carbocycles. The third kappa shape index (κ3) is 3.44. The molecule has 1 fully saturated rings. The summed E-state index contributed by atoms with van der Waals surface area (Å²) in [7, 11) is 0. The highest BCUT2D eigenvalue weighted by Crippen LogP contribution is 2.33. The maximum Gasteiger partial charge on any atom is 0.227 e. The van der Waals surface area contributed by atoms with E-state index in [4.69, 9.17) is 0 Å². The Kier molecular flexibility index (Phi) is 4.91. The van der Waals surface area contributed by atoms with Gasteiger partial charge in [-0.15, -0.1) is 0 Å². The van der Waals surface area contributed by atoms with E-state index in [9.17, 15) is 9.59 Å². The average molecular weight is 356 g/mol. The summed E-state index contributed by atoms with van der Waals surface area (Å²) >= 11 is 4.79. The van der Waals surface area contributed by atoms with Gasteiger partial charge in [0, 0.05) is 35.8 Å². The number of hydrogen-bond acceptors (Lipinski definition) is 3. The van der Waals surface area contributed by atoms with Gasteiger partial charge in [0.2, 0.25) is 5.91 Å². The van der Waals surface area contributed by atoms with Crippen molar-refractivity contribution in [3.05, 3.63) is 27.7 Å². The summed E-state index contributed by atoms with van der Waals surface area (Å²) in [5.41, 5.74) is 3.23. The van der Waals surface area contributed by atoms with Crippen molar-refractivity contribution in [1.82, 2.24) is 0 Å². The second kappa shape index (κ2) is 6.31. The van der Waals surface area contributed by atoms with Crippen LogP contribution >= 0.6 is 27.7 Å². The highest BCUT2D eigenvalue weighted by Gasteiger charge is 2.32. The maximum absolute atomic E-state index is 12.2. The quantitative estimate of drug-likeness (QED) is 0.829. The molecule has 1 aromatic carbocycles. The van der Waals surface area contributed by atoms with Gasteiger partial charge in [0.05, 0.1) is 0 Å². The van der Waals surface area contributed by atoms with E-state index in [-0.39, 0.29) is 16.9 Å². The van der Waals surface area contributed by atoms with Crippen molar-refractivity contribution in [1.29, 1.82) is 0 Å². The van der Waals surface area contributed by atoms with Crippen LogP contribution in [-0.4, -0.2) is 23.3 Å². The number of carbonyl (C=O) groups is 2. The Balaban J connectivity index is 2.18. The van der Waals surface area contributed by atoms with Crippen molar-refractivity contribution in [2.45, 2.75) is 27.2 Å². The van der Waals surface area contributed by atoms with Crippen LogP contribution in [0.15, 0.2) is 16.6 Å². The molecule has 2 rings (SSSR count). The standard InChI is InChI=1S/C15H18BrNO2S/c1-9-4-13(16)5-10(2)15(9)17-7-12(6-14(17)19)8-20-11(3)18/h4-5,12H,6-8H2,1-3H3. The number of benzene rings is 1. The molecule has 1 heterocycles. The lowest BCUT2D eigenvalue weighted by Crippen LogP contribution is -2.26. The summed E-state index contributed by atoms with van der Waals surface area (Å²) in [6, 6.07) is 4.07. The molecule has 108 valence electrons. The SMILES string of the molecule is CC(=O)SCC1CC(=O)N(c2c(C)cc(Br)cc2C)C1. The van der Waals surface area contributed by atoms with Crippen LogP contribution in [0.3, 0.4) is 0 Å². The molecule has 1 saturated heterocycles. The van der Waals surface area contributed by atoms with Gasteiger partial charge in [0.15, 0.2) is 5.12 Å². The summed E-state index contributed by atoms with van der Waals surface area (Å²) in [5.74, 6) is 1.15. The minimum absolute atomic E-state index is 0.118. The van der Waals surface area contributed by atoms with Crippen LogP contribution in [-0.2, 0) is 9.59 Å². The van der Waals surface area contributed by atoms with E-state index in [0.717, 1.165) is 27.0 Å². The van der Waals surface area contributed by atoms with E-state index in [1.165, 1.54) is 11.8 Å². The van der Waals surface area contributed by atoms with E-state index in [1.807, 2.05) is 30.9 Å². The predicted molar refractivity (Wildman–Crippen MR) is 87.2 cm³/mol. The lowest BCUT2D eigenvalue weighted by molar-refractivity contribution is -0.117. The van der Waals surface area contributed by atoms with Crippen LogP contribution in [0.2, 0.25) is 0 Å². The van der Waals surface area contributed by atoms with Gasteiger partial charge in [-0.2, -0.15) is 0 Å². The van der Waals surface area contributed by atoms with Crippen molar-refractivity contribution in [2.75, 3.05) is 17.2 Å². The average Bonchev–Trinajstić information content (AvgIpc) is 2.67. The molecule has 1 aromatic rings. The fraction of sp³-hybridized carbons (Fsp3) is 0.467. The lowest BCUT2D eigenvalue weighted by atomic mass is 10.1. The zero-order chi connectivity index (χ0) is 14.9. The van der Waals surface area contributed by atoms with Crippen molar-refractivity contribution in [2.24, 2.45) is 5.92 Å². The van der Waals surface area contributed by atoms with Gasteiger partial charge < -0.3 is 4.90 Å². The highest BCUT2D eigenvalue weighted by atomic mass is 79.9. The van der Waals surface area contributed by atoms with Crippen molar-refractivity contribution >= 4 is 44.4 Å². The van der Waals surface area contributed by atoms with Crippen LogP contribution in [0.5, 0.6) is 0 Å². The zero-order valence-corrected chi connectivity index (χ0v) is 14.3. The van der Waals surface area contributed by atoms with E-state index >= 15 is 0 Å². The fourth-order valence-corrected chi connectivity index (χ4v) is 4.05. The van der Waals surface area contributed by atoms with Crippen LogP contribution in [0.1, 0.15) is 24.5 Å². The summed E-state index contributed by atoms with van der Waals surface area (Å²) < 4.78 is 1.03. The van der Waals surface area contributed by atoms with Gasteiger partial charge in [-0.25, -0.2) is 0 Å². The number of carbonyl (C=O) groups excluding carboxylic acids is 2. The maximum atomic E-state index is 12.2. The molecule has 0 aliphatic carbocycles. The van der Waals surface area contributed by atoms with Crippen LogP contribution in [0, 0.1) is 19.8 Å². The topological polar surface area (TPSA) is 37.4 Å². The summed E-state index contributed by atoms with van der Waals surface area (Å²) in [4.78, 5) is 25.2. The van der Waals surface area contributed by atoms with E-state index in [1.54, 1.807) is 6.92 Å². The molecule has 1 atom stereocenters. The minimum Gasteiger partial charge on any atom is -0.312 e. The van der Waals surface area contributed by atoms with Crippen molar-refractivity contribution < 1.29 is 9.59 Å². The van der Waals surface area contributed by atoms with Gasteiger partial charge in [-0.3, -0.25) is 9.59 Å². The fourth-order valence-electron chi connectivity index (χ4n) is 2.67. The first-order valence-corrected chi connectivity index (χ1v) is 8.37. The molecular formula is C15H18BrNO2S. The molecule has 1 amide bonds. The molecule has 3 nitrogen and oxygen atoms in total. The molecule has 1 unspecified atom stereocenters. The van der Waals surface area contributed by atoms with E-state index in [2.05, 4.69) is 15.9 Å². The monoisotopic (exact) mass is 355 g/mol. The van der Waals surface area contributed by atoms with E-state index in [0.29, 0.717) is 13.0 Å². The smallest absolute Gasteiger partial charge is 0.227 e. The van der Waals surface area contributed by atoms with Gasteiger partial charge >= 0.3 is 0 Å². The Labute approximate surface area is 132 Å². The minimum atomic E-state index is 0.118. The normalized spacial score (nSPS) is 18.7. The third-order valence-corrected chi connectivity index (χ3v) is 4.96. The van der Waals surface area contributed by atoms with Gasteiger partial charge in [-0.1, -0.05) is 27.7 Å². The molecule has 0 spiro atoms. The number of rotatable bonds is 3. The summed E-state index contributed by atoms with van der Waals surface area (Å²) in [6.07, 6.45) is 0.537. The Morgan fingerprint density at radius 2 is 2.00 bits per heavy atom. The first-order chi connectivity index (χ1) is 9.38. The summed E-state index contributed by atoms with van der Waals surface area (Å²) in [6.45, 7) is 6.33. The van der Waals surface area contributed by atoms with Gasteiger partial charge in [0.1, 0.15) is 0 Å². The molecule has 1 aliphatic heterocycles. The Morgan fingerprint density at radius 3 is 2.55 bits per heavy atom. The van der Waals surface area contributed by atoms with E-state index < -0.39 is 0 Å².